The summed E-state index contributed by atoms with van der Waals surface area (Å²) in [7, 11) is 4.89. The van der Waals surface area contributed by atoms with Crippen LogP contribution in [-0.4, -0.2) is 37.1 Å². The summed E-state index contributed by atoms with van der Waals surface area (Å²) in [6.07, 6.45) is 2.99. The second kappa shape index (κ2) is 3.84. The van der Waals surface area contributed by atoms with Crippen molar-refractivity contribution in [2.45, 2.75) is 0 Å². The number of methoxy groups -OCH3 is 1. The molecule has 0 atom stereocenters. The van der Waals surface area contributed by atoms with Crippen LogP contribution in [0, 0.1) is 0 Å². The van der Waals surface area contributed by atoms with Crippen LogP contribution in [0.25, 0.3) is 0 Å². The summed E-state index contributed by atoms with van der Waals surface area (Å²) < 4.78 is 4.56. The third-order valence-corrected chi connectivity index (χ3v) is 1.48. The van der Waals surface area contributed by atoms with Crippen LogP contribution in [0.2, 0.25) is 0 Å². The molecule has 0 aliphatic heterocycles. The number of anilines is 1. The quantitative estimate of drug-likeness (QED) is 0.615. The maximum Gasteiger partial charge on any atom is 0.360 e. The summed E-state index contributed by atoms with van der Waals surface area (Å²) in [6, 6.07) is 0. The Kier molecular flexibility index (Phi) is 2.79. The molecule has 0 aromatic carbocycles. The van der Waals surface area contributed by atoms with Crippen LogP contribution in [0.1, 0.15) is 10.5 Å². The molecule has 1 aromatic heterocycles. The van der Waals surface area contributed by atoms with Crippen LogP contribution in [0.5, 0.6) is 0 Å². The fraction of sp³-hybridized carbons (Fsp3) is 0.375. The first-order chi connectivity index (χ1) is 6.16. The highest BCUT2D eigenvalue weighted by atomic mass is 16.5. The van der Waals surface area contributed by atoms with Crippen LogP contribution in [0.15, 0.2) is 12.4 Å². The topological polar surface area (TPSA) is 55.3 Å². The van der Waals surface area contributed by atoms with Crippen molar-refractivity contribution in [3.05, 3.63) is 18.1 Å². The number of rotatable bonds is 2. The molecule has 0 saturated carbocycles. The predicted octanol–water partition coefficient (Wildman–Crippen LogP) is 0.329. The monoisotopic (exact) mass is 181 g/mol. The minimum Gasteiger partial charge on any atom is -0.464 e. The van der Waals surface area contributed by atoms with E-state index in [1.54, 1.807) is 19.0 Å². The molecule has 70 valence electrons. The lowest BCUT2D eigenvalue weighted by atomic mass is 10.4. The van der Waals surface area contributed by atoms with Crippen molar-refractivity contribution in [3.8, 4) is 0 Å². The van der Waals surface area contributed by atoms with E-state index < -0.39 is 5.97 Å². The number of esters is 1. The van der Waals surface area contributed by atoms with Gasteiger partial charge in [-0.15, -0.1) is 0 Å². The highest BCUT2D eigenvalue weighted by molar-refractivity contribution is 5.92. The molecule has 0 N–H and O–H groups in total. The van der Waals surface area contributed by atoms with Crippen molar-refractivity contribution in [3.63, 3.8) is 0 Å². The summed E-state index contributed by atoms with van der Waals surface area (Å²) in [4.78, 5) is 20.8. The van der Waals surface area contributed by atoms with Crippen LogP contribution < -0.4 is 4.90 Å². The van der Waals surface area contributed by atoms with E-state index in [0.29, 0.717) is 5.82 Å². The minimum atomic E-state index is -0.475. The van der Waals surface area contributed by atoms with Crippen LogP contribution in [0.3, 0.4) is 0 Å². The van der Waals surface area contributed by atoms with E-state index in [9.17, 15) is 4.79 Å². The largest absolute Gasteiger partial charge is 0.464 e. The molecule has 1 heterocycles. The molecular weight excluding hydrogens is 170 g/mol. The third-order valence-electron chi connectivity index (χ3n) is 1.48. The van der Waals surface area contributed by atoms with Gasteiger partial charge in [-0.3, -0.25) is 0 Å². The van der Waals surface area contributed by atoms with Gasteiger partial charge in [0.1, 0.15) is 0 Å². The summed E-state index contributed by atoms with van der Waals surface area (Å²) in [5.74, 6) is 0.0335. The summed E-state index contributed by atoms with van der Waals surface area (Å²) >= 11 is 0. The number of ether oxygens (including phenoxy) is 1. The van der Waals surface area contributed by atoms with E-state index in [1.165, 1.54) is 19.5 Å². The van der Waals surface area contributed by atoms with Gasteiger partial charge in [0.15, 0.2) is 11.5 Å². The van der Waals surface area contributed by atoms with Crippen LogP contribution in [0.4, 0.5) is 5.82 Å². The molecule has 0 amide bonds. The van der Waals surface area contributed by atoms with Gasteiger partial charge in [0.05, 0.1) is 7.11 Å². The molecule has 5 nitrogen and oxygen atoms in total. The molecule has 0 fully saturated rings. The Labute approximate surface area is 76.4 Å². The van der Waals surface area contributed by atoms with Crippen LogP contribution in [-0.2, 0) is 4.74 Å². The van der Waals surface area contributed by atoms with E-state index >= 15 is 0 Å². The van der Waals surface area contributed by atoms with E-state index in [4.69, 9.17) is 0 Å². The molecule has 1 aromatic rings. The highest BCUT2D eigenvalue weighted by Gasteiger charge is 2.15. The molecule has 13 heavy (non-hydrogen) atoms. The predicted molar refractivity (Wildman–Crippen MR) is 47.7 cm³/mol. The molecule has 0 unspecified atom stereocenters. The maximum atomic E-state index is 11.2. The average Bonchev–Trinajstić information content (AvgIpc) is 2.16. The van der Waals surface area contributed by atoms with Crippen LogP contribution >= 0.6 is 0 Å². The molecule has 0 bridgehead atoms. The Balaban J connectivity index is 3.12. The van der Waals surface area contributed by atoms with Gasteiger partial charge in [-0.1, -0.05) is 0 Å². The van der Waals surface area contributed by atoms with Gasteiger partial charge in [0.25, 0.3) is 0 Å². The number of hydrogen-bond acceptors (Lipinski definition) is 5. The van der Waals surface area contributed by atoms with Gasteiger partial charge >= 0.3 is 5.97 Å². The second-order valence-electron chi connectivity index (χ2n) is 2.61. The van der Waals surface area contributed by atoms with E-state index in [2.05, 4.69) is 14.7 Å². The summed E-state index contributed by atoms with van der Waals surface area (Å²) in [6.45, 7) is 0. The van der Waals surface area contributed by atoms with Crippen molar-refractivity contribution in [2.24, 2.45) is 0 Å². The van der Waals surface area contributed by atoms with Crippen molar-refractivity contribution < 1.29 is 9.53 Å². The van der Waals surface area contributed by atoms with Crippen molar-refractivity contribution >= 4 is 11.8 Å². The number of aromatic nitrogens is 2. The molecule has 0 radical (unpaired) electrons. The SMILES string of the molecule is COC(=O)c1nccnc1N(C)C. The summed E-state index contributed by atoms with van der Waals surface area (Å²) in [5.41, 5.74) is 0.231. The molecule has 0 aliphatic carbocycles. The number of nitrogens with zero attached hydrogens (tertiary/aromatic N) is 3. The molecule has 0 spiro atoms. The van der Waals surface area contributed by atoms with Crippen molar-refractivity contribution in [1.29, 1.82) is 0 Å². The van der Waals surface area contributed by atoms with Gasteiger partial charge in [-0.05, 0) is 0 Å². The Morgan fingerprint density at radius 3 is 2.54 bits per heavy atom. The second-order valence-corrected chi connectivity index (χ2v) is 2.61. The smallest absolute Gasteiger partial charge is 0.360 e. The number of hydrogen-bond donors (Lipinski definition) is 0. The van der Waals surface area contributed by atoms with E-state index in [-0.39, 0.29) is 5.69 Å². The molecule has 0 saturated heterocycles. The maximum absolute atomic E-state index is 11.2. The number of carbonyl (C=O) groups is 1. The standard InChI is InChI=1S/C8H11N3O2/c1-11(2)7-6(8(12)13-3)9-4-5-10-7/h4-5H,1-3H3. The Morgan fingerprint density at radius 1 is 1.38 bits per heavy atom. The molecule has 5 heteroatoms. The zero-order chi connectivity index (χ0) is 9.84. The first kappa shape index (κ1) is 9.44. The van der Waals surface area contributed by atoms with Gasteiger partial charge in [-0.25, -0.2) is 14.8 Å². The third kappa shape index (κ3) is 1.93. The zero-order valence-electron chi connectivity index (χ0n) is 7.81. The molecule has 0 aliphatic rings. The lowest BCUT2D eigenvalue weighted by Gasteiger charge is -2.12. The van der Waals surface area contributed by atoms with Crippen molar-refractivity contribution in [1.82, 2.24) is 9.97 Å². The zero-order valence-corrected chi connectivity index (χ0v) is 7.81. The Bertz CT molecular complexity index is 312. The Morgan fingerprint density at radius 2 is 2.00 bits per heavy atom. The first-order valence-corrected chi connectivity index (χ1v) is 3.73. The average molecular weight is 181 g/mol. The van der Waals surface area contributed by atoms with Crippen molar-refractivity contribution in [2.75, 3.05) is 26.1 Å². The Hall–Kier alpha value is -1.65. The van der Waals surface area contributed by atoms with E-state index in [1.807, 2.05) is 0 Å². The normalized spacial score (nSPS) is 9.46. The first-order valence-electron chi connectivity index (χ1n) is 3.73. The van der Waals surface area contributed by atoms with Gasteiger partial charge in [-0.2, -0.15) is 0 Å². The lowest BCUT2D eigenvalue weighted by Crippen LogP contribution is -2.17. The lowest BCUT2D eigenvalue weighted by molar-refractivity contribution is 0.0594. The van der Waals surface area contributed by atoms with E-state index in [0.717, 1.165) is 0 Å². The molecular formula is C8H11N3O2. The minimum absolute atomic E-state index is 0.231. The summed E-state index contributed by atoms with van der Waals surface area (Å²) in [5, 5.41) is 0. The van der Waals surface area contributed by atoms with Gasteiger partial charge in [0, 0.05) is 26.5 Å². The fourth-order valence-electron chi connectivity index (χ4n) is 0.899. The number of carbonyl (C=O) groups excluding carboxylic acids is 1. The fourth-order valence-corrected chi connectivity index (χ4v) is 0.899. The van der Waals surface area contributed by atoms with Gasteiger partial charge in [0.2, 0.25) is 0 Å². The molecule has 1 rings (SSSR count). The van der Waals surface area contributed by atoms with Gasteiger partial charge < -0.3 is 9.64 Å². The highest BCUT2D eigenvalue weighted by Crippen LogP contribution is 2.11.